The number of anilines is 1. The Morgan fingerprint density at radius 2 is 2.08 bits per heavy atom. The van der Waals surface area contributed by atoms with Crippen LogP contribution in [0.3, 0.4) is 0 Å². The molecule has 25 heavy (non-hydrogen) atoms. The lowest BCUT2D eigenvalue weighted by molar-refractivity contribution is -0.129. The number of para-hydroxylation sites is 1. The van der Waals surface area contributed by atoms with Crippen molar-refractivity contribution in [1.82, 2.24) is 24.6 Å². The summed E-state index contributed by atoms with van der Waals surface area (Å²) in [4.78, 5) is 24.4. The zero-order chi connectivity index (χ0) is 17.4. The number of halogens is 1. The number of carbonyl (C=O) groups is 1. The Hall–Kier alpha value is -3.03. The van der Waals surface area contributed by atoms with Gasteiger partial charge < -0.3 is 9.80 Å². The molecule has 4 rings (SSSR count). The summed E-state index contributed by atoms with van der Waals surface area (Å²) in [5.74, 6) is 0.461. The van der Waals surface area contributed by atoms with E-state index in [2.05, 4.69) is 15.1 Å². The van der Waals surface area contributed by atoms with Gasteiger partial charge in [-0.15, -0.1) is 0 Å². The van der Waals surface area contributed by atoms with Crippen molar-refractivity contribution in [2.45, 2.75) is 13.3 Å². The minimum atomic E-state index is -0.367. The van der Waals surface area contributed by atoms with Crippen molar-refractivity contribution < 1.29 is 9.18 Å². The smallest absolute Gasteiger partial charge is 0.223 e. The number of carbonyl (C=O) groups excluding carboxylic acids is 1. The van der Waals surface area contributed by atoms with E-state index in [-0.39, 0.29) is 11.7 Å². The third-order valence-electron chi connectivity index (χ3n) is 4.36. The van der Waals surface area contributed by atoms with Crippen LogP contribution in [0.4, 0.5) is 10.2 Å². The van der Waals surface area contributed by atoms with E-state index in [4.69, 9.17) is 0 Å². The molecular weight excluding hydrogens is 323 g/mol. The van der Waals surface area contributed by atoms with Crippen LogP contribution in [0.2, 0.25) is 0 Å². The van der Waals surface area contributed by atoms with Gasteiger partial charge in [-0.3, -0.25) is 4.79 Å². The number of rotatable bonds is 3. The third kappa shape index (κ3) is 2.59. The van der Waals surface area contributed by atoms with E-state index in [0.29, 0.717) is 43.3 Å². The predicted molar refractivity (Wildman–Crippen MR) is 90.8 cm³/mol. The maximum absolute atomic E-state index is 14.1. The number of hydrogen-bond acceptors (Lipinski definition) is 5. The molecule has 1 aromatic carbocycles. The normalized spacial score (nSPS) is 14.5. The first-order chi connectivity index (χ1) is 12.2. The average molecular weight is 340 g/mol. The first kappa shape index (κ1) is 15.5. The maximum atomic E-state index is 14.1. The number of aromatic nitrogens is 4. The summed E-state index contributed by atoms with van der Waals surface area (Å²) in [6, 6.07) is 6.43. The molecule has 3 aromatic rings. The highest BCUT2D eigenvalue weighted by Crippen LogP contribution is 2.27. The Bertz CT molecular complexity index is 940. The van der Waals surface area contributed by atoms with Gasteiger partial charge in [-0.25, -0.2) is 19.0 Å². The molecule has 0 N–H and O–H groups in total. The van der Waals surface area contributed by atoms with Crippen LogP contribution < -0.4 is 4.90 Å². The summed E-state index contributed by atoms with van der Waals surface area (Å²) < 4.78 is 15.6. The summed E-state index contributed by atoms with van der Waals surface area (Å²) in [6.45, 7) is 3.71. The number of nitrogens with zero attached hydrogens (tertiary/aromatic N) is 6. The van der Waals surface area contributed by atoms with Crippen molar-refractivity contribution in [3.05, 3.63) is 42.6 Å². The van der Waals surface area contributed by atoms with Gasteiger partial charge in [0.1, 0.15) is 23.6 Å². The van der Waals surface area contributed by atoms with Crippen molar-refractivity contribution in [2.24, 2.45) is 0 Å². The average Bonchev–Trinajstić information content (AvgIpc) is 3.28. The van der Waals surface area contributed by atoms with Gasteiger partial charge in [0, 0.05) is 19.5 Å². The van der Waals surface area contributed by atoms with Gasteiger partial charge in [0.25, 0.3) is 0 Å². The molecule has 0 aliphatic carbocycles. The van der Waals surface area contributed by atoms with E-state index in [9.17, 15) is 9.18 Å². The van der Waals surface area contributed by atoms with Crippen LogP contribution in [0.15, 0.2) is 36.8 Å². The molecule has 3 heterocycles. The molecule has 7 nitrogen and oxygen atoms in total. The van der Waals surface area contributed by atoms with Crippen molar-refractivity contribution in [3.63, 3.8) is 0 Å². The number of fused-ring (bicyclic) bond motifs is 1. The molecule has 128 valence electrons. The quantitative estimate of drug-likeness (QED) is 0.729. The molecule has 0 bridgehead atoms. The zero-order valence-corrected chi connectivity index (χ0v) is 13.8. The molecule has 1 aliphatic heterocycles. The highest BCUT2D eigenvalue weighted by molar-refractivity contribution is 5.88. The Balaban J connectivity index is 1.73. The Labute approximate surface area is 143 Å². The van der Waals surface area contributed by atoms with E-state index >= 15 is 0 Å². The molecule has 0 spiro atoms. The molecule has 1 amide bonds. The topological polar surface area (TPSA) is 67.2 Å². The van der Waals surface area contributed by atoms with Crippen LogP contribution in [-0.2, 0) is 4.79 Å². The number of amides is 1. The van der Waals surface area contributed by atoms with Gasteiger partial charge in [-0.2, -0.15) is 5.10 Å². The molecule has 0 radical (unpaired) electrons. The minimum Gasteiger partial charge on any atom is -0.336 e. The Kier molecular flexibility index (Phi) is 3.79. The van der Waals surface area contributed by atoms with Crippen molar-refractivity contribution in [1.29, 1.82) is 0 Å². The van der Waals surface area contributed by atoms with E-state index < -0.39 is 0 Å². The van der Waals surface area contributed by atoms with E-state index in [0.717, 1.165) is 5.39 Å². The van der Waals surface area contributed by atoms with Crippen molar-refractivity contribution in [2.75, 3.05) is 24.7 Å². The lowest BCUT2D eigenvalue weighted by atomic mass is 10.3. The molecule has 1 saturated heterocycles. The monoisotopic (exact) mass is 340 g/mol. The second kappa shape index (κ2) is 6.12. The molecule has 0 atom stereocenters. The molecule has 8 heteroatoms. The minimum absolute atomic E-state index is 0.120. The lowest BCUT2D eigenvalue weighted by Crippen LogP contribution is -2.30. The molecule has 2 aromatic heterocycles. The second-order valence-electron chi connectivity index (χ2n) is 5.86. The summed E-state index contributed by atoms with van der Waals surface area (Å²) in [5, 5.41) is 5.03. The largest absolute Gasteiger partial charge is 0.336 e. The molecule has 1 fully saturated rings. The zero-order valence-electron chi connectivity index (χ0n) is 13.8. The highest BCUT2D eigenvalue weighted by atomic mass is 19.1. The van der Waals surface area contributed by atoms with Gasteiger partial charge in [-0.1, -0.05) is 19.1 Å². The molecular formula is C17H17FN6O. The molecule has 0 saturated carbocycles. The van der Waals surface area contributed by atoms with Crippen LogP contribution in [-0.4, -0.2) is 50.3 Å². The SMILES string of the molecule is CCC(=O)N1CCN(c2ncnc3c2cnn3-c2ccccc2F)C1. The van der Waals surface area contributed by atoms with Gasteiger partial charge in [0.15, 0.2) is 5.65 Å². The van der Waals surface area contributed by atoms with Crippen LogP contribution in [0.25, 0.3) is 16.7 Å². The van der Waals surface area contributed by atoms with Crippen LogP contribution in [0, 0.1) is 5.82 Å². The summed E-state index contributed by atoms with van der Waals surface area (Å²) >= 11 is 0. The first-order valence-electron chi connectivity index (χ1n) is 8.15. The highest BCUT2D eigenvalue weighted by Gasteiger charge is 2.26. The number of benzene rings is 1. The van der Waals surface area contributed by atoms with Crippen molar-refractivity contribution in [3.8, 4) is 5.69 Å². The first-order valence-corrected chi connectivity index (χ1v) is 8.15. The van der Waals surface area contributed by atoms with E-state index in [1.807, 2.05) is 11.8 Å². The lowest BCUT2D eigenvalue weighted by Gasteiger charge is -2.19. The molecule has 1 aliphatic rings. The number of hydrogen-bond donors (Lipinski definition) is 0. The van der Waals surface area contributed by atoms with Gasteiger partial charge in [-0.05, 0) is 12.1 Å². The fraction of sp³-hybridized carbons (Fsp3) is 0.294. The molecule has 0 unspecified atom stereocenters. The van der Waals surface area contributed by atoms with E-state index in [1.54, 1.807) is 29.3 Å². The Morgan fingerprint density at radius 1 is 1.24 bits per heavy atom. The van der Waals surface area contributed by atoms with Gasteiger partial charge >= 0.3 is 0 Å². The fourth-order valence-electron chi connectivity index (χ4n) is 3.07. The Morgan fingerprint density at radius 3 is 2.88 bits per heavy atom. The summed E-state index contributed by atoms with van der Waals surface area (Å²) in [7, 11) is 0. The van der Waals surface area contributed by atoms with Gasteiger partial charge in [0.05, 0.1) is 18.3 Å². The predicted octanol–water partition coefficient (Wildman–Crippen LogP) is 1.97. The summed E-state index contributed by atoms with van der Waals surface area (Å²) in [5.41, 5.74) is 0.877. The third-order valence-corrected chi connectivity index (χ3v) is 4.36. The van der Waals surface area contributed by atoms with Crippen LogP contribution >= 0.6 is 0 Å². The van der Waals surface area contributed by atoms with Crippen molar-refractivity contribution >= 4 is 22.8 Å². The fourth-order valence-corrected chi connectivity index (χ4v) is 3.07. The van der Waals surface area contributed by atoms with Gasteiger partial charge in [0.2, 0.25) is 5.91 Å². The second-order valence-corrected chi connectivity index (χ2v) is 5.86. The summed E-state index contributed by atoms with van der Waals surface area (Å²) in [6.07, 6.45) is 3.57. The van der Waals surface area contributed by atoms with Crippen LogP contribution in [0.1, 0.15) is 13.3 Å². The van der Waals surface area contributed by atoms with E-state index in [1.165, 1.54) is 17.1 Å². The standard InChI is InChI=1S/C17H17FN6O/c1-2-15(25)22-7-8-23(11-22)16-12-9-21-24(17(12)20-10-19-16)14-6-4-3-5-13(14)18/h3-6,9-10H,2,7-8,11H2,1H3. The maximum Gasteiger partial charge on any atom is 0.223 e. The van der Waals surface area contributed by atoms with Crippen LogP contribution in [0.5, 0.6) is 0 Å².